The van der Waals surface area contributed by atoms with Crippen LogP contribution in [-0.2, 0) is 0 Å². The zero-order chi connectivity index (χ0) is 9.97. The van der Waals surface area contributed by atoms with Gasteiger partial charge in [0.2, 0.25) is 0 Å². The Hall–Kier alpha value is -1.67. The molecule has 0 aliphatic heterocycles. The van der Waals surface area contributed by atoms with Gasteiger partial charge in [0.15, 0.2) is 5.82 Å². The predicted molar refractivity (Wildman–Crippen MR) is 53.8 cm³/mol. The Morgan fingerprint density at radius 2 is 2.29 bits per heavy atom. The predicted octanol–water partition coefficient (Wildman–Crippen LogP) is 1.90. The summed E-state index contributed by atoms with van der Waals surface area (Å²) in [5.74, 6) is 0.681. The van der Waals surface area contributed by atoms with Crippen LogP contribution in [0.5, 0.6) is 0 Å². The van der Waals surface area contributed by atoms with Crippen LogP contribution in [0.4, 0.5) is 0 Å². The van der Waals surface area contributed by atoms with Gasteiger partial charge in [-0.1, -0.05) is 6.07 Å². The Balaban J connectivity index is 2.54. The highest BCUT2D eigenvalue weighted by Gasteiger charge is 2.08. The van der Waals surface area contributed by atoms with Crippen molar-refractivity contribution >= 4 is 15.9 Å². The van der Waals surface area contributed by atoms with E-state index < -0.39 is 0 Å². The smallest absolute Gasteiger partial charge is 0.154 e. The van der Waals surface area contributed by atoms with Crippen LogP contribution in [0.1, 0.15) is 5.56 Å². The third kappa shape index (κ3) is 1.40. The second-order valence-corrected chi connectivity index (χ2v) is 3.31. The molecule has 0 saturated carbocycles. The van der Waals surface area contributed by atoms with Crippen molar-refractivity contribution in [3.63, 3.8) is 0 Å². The third-order valence-corrected chi connectivity index (χ3v) is 2.46. The molecular formula is C9H5BrN4. The minimum Gasteiger partial charge on any atom is -0.237 e. The summed E-state index contributed by atoms with van der Waals surface area (Å²) >= 11 is 3.29. The molecule has 0 aromatic carbocycles. The van der Waals surface area contributed by atoms with Gasteiger partial charge >= 0.3 is 0 Å². The van der Waals surface area contributed by atoms with E-state index >= 15 is 0 Å². The van der Waals surface area contributed by atoms with Gasteiger partial charge in [-0.25, -0.2) is 9.67 Å². The summed E-state index contributed by atoms with van der Waals surface area (Å²) in [4.78, 5) is 4.12. The van der Waals surface area contributed by atoms with E-state index in [4.69, 9.17) is 5.26 Å². The molecule has 14 heavy (non-hydrogen) atoms. The van der Waals surface area contributed by atoms with E-state index in [1.807, 2.05) is 24.3 Å². The second-order valence-electron chi connectivity index (χ2n) is 2.56. The highest BCUT2D eigenvalue weighted by Crippen LogP contribution is 2.18. The van der Waals surface area contributed by atoms with Crippen molar-refractivity contribution in [2.75, 3.05) is 0 Å². The summed E-state index contributed by atoms with van der Waals surface area (Å²) in [5.41, 5.74) is 0.496. The van der Waals surface area contributed by atoms with Gasteiger partial charge in [0.05, 0.1) is 6.20 Å². The molecule has 0 amide bonds. The van der Waals surface area contributed by atoms with Crippen LogP contribution in [-0.4, -0.2) is 14.8 Å². The van der Waals surface area contributed by atoms with Gasteiger partial charge in [0.1, 0.15) is 16.2 Å². The third-order valence-electron chi connectivity index (χ3n) is 1.70. The van der Waals surface area contributed by atoms with Crippen molar-refractivity contribution in [3.05, 3.63) is 40.8 Å². The first-order valence-electron chi connectivity index (χ1n) is 3.88. The molecule has 68 valence electrons. The topological polar surface area (TPSA) is 54.5 Å². The summed E-state index contributed by atoms with van der Waals surface area (Å²) in [6.07, 6.45) is 3.17. The van der Waals surface area contributed by atoms with Crippen LogP contribution >= 0.6 is 15.9 Å². The van der Waals surface area contributed by atoms with Crippen LogP contribution in [0.15, 0.2) is 35.2 Å². The van der Waals surface area contributed by atoms with E-state index in [2.05, 4.69) is 26.0 Å². The van der Waals surface area contributed by atoms with E-state index in [1.54, 1.807) is 10.9 Å². The van der Waals surface area contributed by atoms with Crippen LogP contribution in [0.25, 0.3) is 5.82 Å². The Morgan fingerprint density at radius 3 is 2.86 bits per heavy atom. The lowest BCUT2D eigenvalue weighted by atomic mass is 10.4. The van der Waals surface area contributed by atoms with Crippen LogP contribution in [0.3, 0.4) is 0 Å². The molecule has 2 aromatic rings. The van der Waals surface area contributed by atoms with Gasteiger partial charge in [-0.2, -0.15) is 10.4 Å². The fourth-order valence-corrected chi connectivity index (χ4v) is 1.51. The fourth-order valence-electron chi connectivity index (χ4n) is 1.05. The molecule has 2 aromatic heterocycles. The normalized spacial score (nSPS) is 9.71. The first-order chi connectivity index (χ1) is 6.83. The molecule has 2 rings (SSSR count). The first kappa shape index (κ1) is 8.91. The Kier molecular flexibility index (Phi) is 2.29. The molecular weight excluding hydrogens is 244 g/mol. The number of hydrogen-bond acceptors (Lipinski definition) is 3. The second kappa shape index (κ2) is 3.60. The summed E-state index contributed by atoms with van der Waals surface area (Å²) < 4.78 is 2.19. The van der Waals surface area contributed by atoms with E-state index in [0.717, 1.165) is 0 Å². The molecule has 0 unspecified atom stereocenters. The fraction of sp³-hybridized carbons (Fsp3) is 0. The maximum atomic E-state index is 8.72. The van der Waals surface area contributed by atoms with Crippen molar-refractivity contribution in [2.24, 2.45) is 0 Å². The Bertz CT molecular complexity index is 483. The maximum absolute atomic E-state index is 8.72. The highest BCUT2D eigenvalue weighted by molar-refractivity contribution is 9.10. The lowest BCUT2D eigenvalue weighted by Gasteiger charge is -1.99. The molecule has 5 heteroatoms. The molecule has 2 heterocycles. The molecule has 4 nitrogen and oxygen atoms in total. The number of halogens is 1. The summed E-state index contributed by atoms with van der Waals surface area (Å²) in [6.45, 7) is 0. The molecule has 0 N–H and O–H groups in total. The van der Waals surface area contributed by atoms with Crippen LogP contribution in [0.2, 0.25) is 0 Å². The van der Waals surface area contributed by atoms with Gasteiger partial charge in [-0.15, -0.1) is 0 Å². The van der Waals surface area contributed by atoms with Gasteiger partial charge in [-0.05, 0) is 28.1 Å². The highest BCUT2D eigenvalue weighted by atomic mass is 79.9. The van der Waals surface area contributed by atoms with Gasteiger partial charge in [0.25, 0.3) is 0 Å². The molecule has 0 saturated heterocycles. The molecule has 0 atom stereocenters. The molecule has 0 bridgehead atoms. The van der Waals surface area contributed by atoms with E-state index in [0.29, 0.717) is 16.0 Å². The van der Waals surface area contributed by atoms with E-state index in [1.165, 1.54) is 6.20 Å². The number of aromatic nitrogens is 3. The lowest BCUT2D eigenvalue weighted by molar-refractivity contribution is 0.829. The average molecular weight is 249 g/mol. The SMILES string of the molecule is N#Cc1cnn(-c2ccccn2)c1Br. The molecule has 0 spiro atoms. The van der Waals surface area contributed by atoms with Crippen molar-refractivity contribution in [1.82, 2.24) is 14.8 Å². The molecule has 0 aliphatic carbocycles. The molecule has 0 aliphatic rings. The number of pyridine rings is 1. The quantitative estimate of drug-likeness (QED) is 0.775. The van der Waals surface area contributed by atoms with Crippen LogP contribution < -0.4 is 0 Å². The average Bonchev–Trinajstić information content (AvgIpc) is 2.61. The molecule has 0 radical (unpaired) electrons. The monoisotopic (exact) mass is 248 g/mol. The maximum Gasteiger partial charge on any atom is 0.154 e. The lowest BCUT2D eigenvalue weighted by Crippen LogP contribution is -1.98. The zero-order valence-corrected chi connectivity index (χ0v) is 8.64. The Morgan fingerprint density at radius 1 is 1.43 bits per heavy atom. The van der Waals surface area contributed by atoms with Gasteiger partial charge in [-0.3, -0.25) is 0 Å². The minimum absolute atomic E-state index is 0.496. The summed E-state index contributed by atoms with van der Waals surface area (Å²) in [5, 5.41) is 12.8. The molecule has 0 fully saturated rings. The Labute approximate surface area is 88.9 Å². The van der Waals surface area contributed by atoms with Crippen LogP contribution in [0, 0.1) is 11.3 Å². The first-order valence-corrected chi connectivity index (χ1v) is 4.67. The summed E-state index contributed by atoms with van der Waals surface area (Å²) in [7, 11) is 0. The number of hydrogen-bond donors (Lipinski definition) is 0. The standard InChI is InChI=1S/C9H5BrN4/c10-9-7(5-11)6-13-14(9)8-3-1-2-4-12-8/h1-4,6H. The largest absolute Gasteiger partial charge is 0.237 e. The zero-order valence-electron chi connectivity index (χ0n) is 7.05. The number of nitriles is 1. The van der Waals surface area contributed by atoms with Crippen molar-refractivity contribution in [2.45, 2.75) is 0 Å². The van der Waals surface area contributed by atoms with Crippen molar-refractivity contribution in [3.8, 4) is 11.9 Å². The van der Waals surface area contributed by atoms with E-state index in [9.17, 15) is 0 Å². The number of nitrogens with zero attached hydrogens (tertiary/aromatic N) is 4. The summed E-state index contributed by atoms with van der Waals surface area (Å²) in [6, 6.07) is 7.53. The van der Waals surface area contributed by atoms with E-state index in [-0.39, 0.29) is 0 Å². The van der Waals surface area contributed by atoms with Gasteiger partial charge < -0.3 is 0 Å². The van der Waals surface area contributed by atoms with Gasteiger partial charge in [0, 0.05) is 6.20 Å². The van der Waals surface area contributed by atoms with Crippen molar-refractivity contribution in [1.29, 1.82) is 5.26 Å². The minimum atomic E-state index is 0.496. The van der Waals surface area contributed by atoms with Crippen molar-refractivity contribution < 1.29 is 0 Å². The number of rotatable bonds is 1.